The first-order valence-electron chi connectivity index (χ1n) is 5.50. The first kappa shape index (κ1) is 13.2. The molecule has 2 amide bonds. The minimum atomic E-state index is -0.474. The fourth-order valence-corrected chi connectivity index (χ4v) is 2.26. The monoisotopic (exact) mass is 286 g/mol. The van der Waals surface area contributed by atoms with Crippen LogP contribution < -0.4 is 5.32 Å². The van der Waals surface area contributed by atoms with Gasteiger partial charge in [0.15, 0.2) is 0 Å². The van der Waals surface area contributed by atoms with Crippen LogP contribution in [0.2, 0.25) is 10.0 Å². The highest BCUT2D eigenvalue weighted by Gasteiger charge is 2.30. The Morgan fingerprint density at radius 1 is 1.44 bits per heavy atom. The maximum atomic E-state index is 12.0. The minimum absolute atomic E-state index is 0.0819. The van der Waals surface area contributed by atoms with Crippen LogP contribution in [-0.2, 0) is 4.79 Å². The number of hydrogen-bond donors (Lipinski definition) is 1. The van der Waals surface area contributed by atoms with E-state index in [9.17, 15) is 9.59 Å². The lowest BCUT2D eigenvalue weighted by Crippen LogP contribution is -2.40. The lowest BCUT2D eigenvalue weighted by Gasteiger charge is -2.13. The van der Waals surface area contributed by atoms with Crippen molar-refractivity contribution in [2.75, 3.05) is 13.6 Å². The Bertz CT molecular complexity index is 505. The molecule has 1 saturated heterocycles. The smallest absolute Gasteiger partial charge is 0.253 e. The third-order valence-electron chi connectivity index (χ3n) is 2.93. The Kier molecular flexibility index (Phi) is 3.78. The van der Waals surface area contributed by atoms with Gasteiger partial charge in [-0.3, -0.25) is 9.59 Å². The van der Waals surface area contributed by atoms with Gasteiger partial charge in [0.1, 0.15) is 6.04 Å². The molecule has 1 N–H and O–H groups in total. The number of likely N-dealkylation sites (tertiary alicyclic amines) is 1. The summed E-state index contributed by atoms with van der Waals surface area (Å²) in [6.45, 7) is 0.646. The highest BCUT2D eigenvalue weighted by Crippen LogP contribution is 2.25. The molecular formula is C12H12Cl2N2O2. The highest BCUT2D eigenvalue weighted by atomic mass is 35.5. The van der Waals surface area contributed by atoms with E-state index in [4.69, 9.17) is 23.2 Å². The quantitative estimate of drug-likeness (QED) is 0.904. The number of rotatable bonds is 2. The lowest BCUT2D eigenvalue weighted by molar-refractivity contribution is -0.128. The van der Waals surface area contributed by atoms with Crippen molar-refractivity contribution in [3.63, 3.8) is 0 Å². The SMILES string of the molecule is CN1CCC(NC(=O)c2cccc(Cl)c2Cl)C1=O. The van der Waals surface area contributed by atoms with E-state index < -0.39 is 6.04 Å². The molecule has 1 aromatic carbocycles. The highest BCUT2D eigenvalue weighted by molar-refractivity contribution is 6.43. The molecule has 1 unspecified atom stereocenters. The molecule has 0 radical (unpaired) electrons. The summed E-state index contributed by atoms with van der Waals surface area (Å²) in [4.78, 5) is 25.3. The predicted octanol–water partition coefficient (Wildman–Crippen LogP) is 1.95. The Labute approximate surface area is 115 Å². The van der Waals surface area contributed by atoms with E-state index >= 15 is 0 Å². The van der Waals surface area contributed by atoms with Crippen molar-refractivity contribution < 1.29 is 9.59 Å². The number of carbonyl (C=O) groups is 2. The van der Waals surface area contributed by atoms with Crippen molar-refractivity contribution in [3.8, 4) is 0 Å². The minimum Gasteiger partial charge on any atom is -0.344 e. The van der Waals surface area contributed by atoms with Gasteiger partial charge in [-0.15, -0.1) is 0 Å². The molecule has 1 fully saturated rings. The van der Waals surface area contributed by atoms with Crippen LogP contribution in [0.3, 0.4) is 0 Å². The van der Waals surface area contributed by atoms with E-state index in [0.717, 1.165) is 0 Å². The maximum absolute atomic E-state index is 12.0. The summed E-state index contributed by atoms with van der Waals surface area (Å²) in [7, 11) is 1.71. The zero-order valence-electron chi connectivity index (χ0n) is 9.74. The molecule has 1 heterocycles. The molecule has 1 aromatic rings. The Morgan fingerprint density at radius 2 is 2.17 bits per heavy atom. The van der Waals surface area contributed by atoms with Gasteiger partial charge in [0.25, 0.3) is 5.91 Å². The summed E-state index contributed by atoms with van der Waals surface area (Å²) in [6, 6.07) is 4.35. The number of nitrogens with zero attached hydrogens (tertiary/aromatic N) is 1. The zero-order valence-corrected chi connectivity index (χ0v) is 11.3. The second kappa shape index (κ2) is 5.16. The average Bonchev–Trinajstić information content (AvgIpc) is 2.64. The summed E-state index contributed by atoms with van der Waals surface area (Å²) in [5.74, 6) is -0.461. The molecule has 4 nitrogen and oxygen atoms in total. The number of nitrogens with one attached hydrogen (secondary N) is 1. The molecule has 6 heteroatoms. The van der Waals surface area contributed by atoms with Crippen LogP contribution in [0, 0.1) is 0 Å². The molecule has 0 saturated carbocycles. The van der Waals surface area contributed by atoms with E-state index in [1.54, 1.807) is 30.1 Å². The van der Waals surface area contributed by atoms with Crippen LogP contribution in [0.15, 0.2) is 18.2 Å². The number of benzene rings is 1. The second-order valence-electron chi connectivity index (χ2n) is 4.18. The van der Waals surface area contributed by atoms with Crippen molar-refractivity contribution in [2.45, 2.75) is 12.5 Å². The Balaban J connectivity index is 2.13. The third kappa shape index (κ3) is 2.44. The molecular weight excluding hydrogens is 275 g/mol. The molecule has 18 heavy (non-hydrogen) atoms. The van der Waals surface area contributed by atoms with Gasteiger partial charge in [-0.05, 0) is 18.6 Å². The van der Waals surface area contributed by atoms with Crippen LogP contribution in [0.4, 0.5) is 0 Å². The Hall–Kier alpha value is -1.26. The van der Waals surface area contributed by atoms with Gasteiger partial charge in [-0.1, -0.05) is 29.3 Å². The zero-order chi connectivity index (χ0) is 13.3. The first-order chi connectivity index (χ1) is 8.50. The third-order valence-corrected chi connectivity index (χ3v) is 3.75. The molecule has 0 bridgehead atoms. The van der Waals surface area contributed by atoms with Crippen LogP contribution >= 0.6 is 23.2 Å². The molecule has 1 atom stereocenters. The lowest BCUT2D eigenvalue weighted by atomic mass is 10.2. The van der Waals surface area contributed by atoms with Gasteiger partial charge in [0.2, 0.25) is 5.91 Å². The number of amides is 2. The van der Waals surface area contributed by atoms with E-state index in [1.165, 1.54) is 0 Å². The van der Waals surface area contributed by atoms with Gasteiger partial charge in [0.05, 0.1) is 15.6 Å². The van der Waals surface area contributed by atoms with Crippen LogP contribution in [-0.4, -0.2) is 36.3 Å². The van der Waals surface area contributed by atoms with Crippen molar-refractivity contribution in [1.82, 2.24) is 10.2 Å². The van der Waals surface area contributed by atoms with E-state index in [2.05, 4.69) is 5.32 Å². The van der Waals surface area contributed by atoms with Crippen molar-refractivity contribution in [2.24, 2.45) is 0 Å². The topological polar surface area (TPSA) is 49.4 Å². The van der Waals surface area contributed by atoms with E-state index in [0.29, 0.717) is 18.0 Å². The first-order valence-corrected chi connectivity index (χ1v) is 6.26. The van der Waals surface area contributed by atoms with Gasteiger partial charge < -0.3 is 10.2 Å². The molecule has 2 rings (SSSR count). The molecule has 96 valence electrons. The standard InChI is InChI=1S/C12H12Cl2N2O2/c1-16-6-5-9(12(16)18)15-11(17)7-3-2-4-8(13)10(7)14/h2-4,9H,5-6H2,1H3,(H,15,17). The molecule has 0 spiro atoms. The van der Waals surface area contributed by atoms with Gasteiger partial charge in [-0.2, -0.15) is 0 Å². The predicted molar refractivity (Wildman–Crippen MR) is 70.0 cm³/mol. The summed E-state index contributed by atoms with van der Waals surface area (Å²) < 4.78 is 0. The summed E-state index contributed by atoms with van der Waals surface area (Å²) in [5.41, 5.74) is 0.284. The van der Waals surface area contributed by atoms with E-state index in [-0.39, 0.29) is 22.4 Å². The number of hydrogen-bond acceptors (Lipinski definition) is 2. The molecule has 0 aliphatic carbocycles. The van der Waals surface area contributed by atoms with Gasteiger partial charge >= 0.3 is 0 Å². The van der Waals surface area contributed by atoms with Gasteiger partial charge in [0, 0.05) is 13.6 Å². The fourth-order valence-electron chi connectivity index (χ4n) is 1.87. The van der Waals surface area contributed by atoms with Crippen LogP contribution in [0.1, 0.15) is 16.8 Å². The van der Waals surface area contributed by atoms with Crippen LogP contribution in [0.5, 0.6) is 0 Å². The fraction of sp³-hybridized carbons (Fsp3) is 0.333. The molecule has 1 aliphatic heterocycles. The molecule has 1 aliphatic rings. The maximum Gasteiger partial charge on any atom is 0.253 e. The van der Waals surface area contributed by atoms with Crippen molar-refractivity contribution >= 4 is 35.0 Å². The largest absolute Gasteiger partial charge is 0.344 e. The Morgan fingerprint density at radius 3 is 2.78 bits per heavy atom. The summed E-state index contributed by atoms with van der Waals surface area (Å²) in [6.07, 6.45) is 0.610. The van der Waals surface area contributed by atoms with E-state index in [1.807, 2.05) is 0 Å². The second-order valence-corrected chi connectivity index (χ2v) is 4.96. The van der Waals surface area contributed by atoms with Crippen molar-refractivity contribution in [1.29, 1.82) is 0 Å². The van der Waals surface area contributed by atoms with Crippen LogP contribution in [0.25, 0.3) is 0 Å². The number of likely N-dealkylation sites (N-methyl/N-ethyl adjacent to an activating group) is 1. The van der Waals surface area contributed by atoms with Gasteiger partial charge in [-0.25, -0.2) is 0 Å². The number of carbonyl (C=O) groups excluding carboxylic acids is 2. The summed E-state index contributed by atoms with van der Waals surface area (Å²) >= 11 is 11.8. The number of halogens is 2. The molecule has 0 aromatic heterocycles. The normalized spacial score (nSPS) is 19.2. The summed E-state index contributed by atoms with van der Waals surface area (Å²) in [5, 5.41) is 3.19. The average molecular weight is 287 g/mol. The van der Waals surface area contributed by atoms with Crippen molar-refractivity contribution in [3.05, 3.63) is 33.8 Å².